The quantitative estimate of drug-likeness (QED) is 0.806. The van der Waals surface area contributed by atoms with Crippen LogP contribution in [0.4, 0.5) is 11.4 Å². The summed E-state index contributed by atoms with van der Waals surface area (Å²) in [4.78, 5) is 26.6. The molecule has 0 aliphatic carbocycles. The number of hydrogen-bond donors (Lipinski definition) is 1. The van der Waals surface area contributed by atoms with Crippen molar-refractivity contribution in [2.45, 2.75) is 6.42 Å². The molecule has 0 unspecified atom stereocenters. The lowest BCUT2D eigenvalue weighted by Crippen LogP contribution is -2.28. The molecule has 1 N–H and O–H groups in total. The summed E-state index contributed by atoms with van der Waals surface area (Å²) in [5.41, 5.74) is 1.30. The molecule has 0 bridgehead atoms. The van der Waals surface area contributed by atoms with E-state index in [4.69, 9.17) is 9.47 Å². The number of nitrogens with zero attached hydrogens (tertiary/aromatic N) is 1. The van der Waals surface area contributed by atoms with Gasteiger partial charge in [0.1, 0.15) is 11.5 Å². The summed E-state index contributed by atoms with van der Waals surface area (Å²) in [6.45, 7) is 0.346. The maximum Gasteiger partial charge on any atom is 0.229 e. The average Bonchev–Trinajstić information content (AvgIpc) is 3.04. The fourth-order valence-electron chi connectivity index (χ4n) is 2.90. The van der Waals surface area contributed by atoms with Gasteiger partial charge in [0.25, 0.3) is 0 Å². The first-order chi connectivity index (χ1) is 12.5. The fraction of sp³-hybridized carbons (Fsp3) is 0.263. The molecule has 1 atom stereocenters. The Bertz CT molecular complexity index is 823. The SMILES string of the molecule is COc1ccc(OC)c(NC(=O)[C@H]2CC(=O)N(c3ccc(Br)cc3)C2)c1. The highest BCUT2D eigenvalue weighted by Crippen LogP contribution is 2.31. The molecule has 1 aliphatic rings. The van der Waals surface area contributed by atoms with Crippen LogP contribution in [-0.2, 0) is 9.59 Å². The zero-order valence-corrected chi connectivity index (χ0v) is 16.1. The van der Waals surface area contributed by atoms with Crippen molar-refractivity contribution in [2.75, 3.05) is 31.0 Å². The van der Waals surface area contributed by atoms with E-state index in [1.165, 1.54) is 7.11 Å². The van der Waals surface area contributed by atoms with Gasteiger partial charge in [-0.25, -0.2) is 0 Å². The van der Waals surface area contributed by atoms with Gasteiger partial charge in [-0.15, -0.1) is 0 Å². The smallest absolute Gasteiger partial charge is 0.229 e. The molecule has 0 aromatic heterocycles. The van der Waals surface area contributed by atoms with Crippen LogP contribution < -0.4 is 19.7 Å². The van der Waals surface area contributed by atoms with E-state index in [1.54, 1.807) is 30.2 Å². The molecule has 0 spiro atoms. The summed E-state index contributed by atoms with van der Waals surface area (Å²) in [7, 11) is 3.09. The number of rotatable bonds is 5. The van der Waals surface area contributed by atoms with E-state index in [9.17, 15) is 9.59 Å². The summed E-state index contributed by atoms with van der Waals surface area (Å²) in [6.07, 6.45) is 0.175. The number of nitrogens with one attached hydrogen (secondary N) is 1. The summed E-state index contributed by atoms with van der Waals surface area (Å²) in [6, 6.07) is 12.6. The van der Waals surface area contributed by atoms with Gasteiger partial charge >= 0.3 is 0 Å². The Balaban J connectivity index is 1.73. The topological polar surface area (TPSA) is 67.9 Å². The Labute approximate surface area is 160 Å². The molecular weight excluding hydrogens is 400 g/mol. The summed E-state index contributed by atoms with van der Waals surface area (Å²) in [5, 5.41) is 2.85. The second-order valence-corrected chi connectivity index (χ2v) is 6.85. The van der Waals surface area contributed by atoms with Crippen molar-refractivity contribution in [3.05, 3.63) is 46.9 Å². The molecule has 3 rings (SSSR count). The zero-order valence-electron chi connectivity index (χ0n) is 14.5. The minimum absolute atomic E-state index is 0.0647. The molecule has 1 aliphatic heterocycles. The van der Waals surface area contributed by atoms with Crippen LogP contribution in [0.25, 0.3) is 0 Å². The molecular formula is C19H19BrN2O4. The van der Waals surface area contributed by atoms with Crippen LogP contribution in [0.15, 0.2) is 46.9 Å². The van der Waals surface area contributed by atoms with Crippen LogP contribution in [0, 0.1) is 5.92 Å². The Morgan fingerprint density at radius 2 is 1.88 bits per heavy atom. The third-order valence-electron chi connectivity index (χ3n) is 4.30. The van der Waals surface area contributed by atoms with E-state index in [2.05, 4.69) is 21.2 Å². The number of benzene rings is 2. The Morgan fingerprint density at radius 1 is 1.15 bits per heavy atom. The Morgan fingerprint density at radius 3 is 2.54 bits per heavy atom. The lowest BCUT2D eigenvalue weighted by atomic mass is 10.1. The van der Waals surface area contributed by atoms with Gasteiger partial charge in [0, 0.05) is 29.2 Å². The monoisotopic (exact) mass is 418 g/mol. The van der Waals surface area contributed by atoms with Crippen LogP contribution in [-0.4, -0.2) is 32.6 Å². The standard InChI is InChI=1S/C19H19BrN2O4/c1-25-15-7-8-17(26-2)16(10-15)21-19(24)12-9-18(23)22(11-12)14-5-3-13(20)4-6-14/h3-8,10,12H,9,11H2,1-2H3,(H,21,24)/t12-/m0/s1. The van der Waals surface area contributed by atoms with E-state index < -0.39 is 5.92 Å². The van der Waals surface area contributed by atoms with Crippen LogP contribution >= 0.6 is 15.9 Å². The van der Waals surface area contributed by atoms with Crippen molar-refractivity contribution in [1.82, 2.24) is 0 Å². The van der Waals surface area contributed by atoms with E-state index >= 15 is 0 Å². The highest BCUT2D eigenvalue weighted by atomic mass is 79.9. The molecule has 0 radical (unpaired) electrons. The lowest BCUT2D eigenvalue weighted by Gasteiger charge is -2.17. The molecule has 6 nitrogen and oxygen atoms in total. The van der Waals surface area contributed by atoms with Crippen molar-refractivity contribution in [2.24, 2.45) is 5.92 Å². The van der Waals surface area contributed by atoms with Gasteiger partial charge in [-0.05, 0) is 36.4 Å². The molecule has 7 heteroatoms. The minimum Gasteiger partial charge on any atom is -0.497 e. The van der Waals surface area contributed by atoms with E-state index in [1.807, 2.05) is 24.3 Å². The predicted octanol–water partition coefficient (Wildman–Crippen LogP) is 3.46. The molecule has 2 aromatic rings. The molecule has 1 saturated heterocycles. The van der Waals surface area contributed by atoms with Gasteiger partial charge in [-0.2, -0.15) is 0 Å². The average molecular weight is 419 g/mol. The predicted molar refractivity (Wildman–Crippen MR) is 103 cm³/mol. The first kappa shape index (κ1) is 18.3. The molecule has 1 fully saturated rings. The number of carbonyl (C=O) groups excluding carboxylic acids is 2. The third-order valence-corrected chi connectivity index (χ3v) is 4.83. The van der Waals surface area contributed by atoms with Gasteiger partial charge in [-0.1, -0.05) is 15.9 Å². The second kappa shape index (κ2) is 7.78. The van der Waals surface area contributed by atoms with Crippen molar-refractivity contribution in [3.8, 4) is 11.5 Å². The van der Waals surface area contributed by atoms with E-state index in [0.29, 0.717) is 23.7 Å². The van der Waals surface area contributed by atoms with Crippen molar-refractivity contribution < 1.29 is 19.1 Å². The normalized spacial score (nSPS) is 16.5. The van der Waals surface area contributed by atoms with Gasteiger partial charge < -0.3 is 19.7 Å². The molecule has 0 saturated carbocycles. The molecule has 2 amide bonds. The molecule has 2 aromatic carbocycles. The van der Waals surface area contributed by atoms with Gasteiger partial charge in [-0.3, -0.25) is 9.59 Å². The fourth-order valence-corrected chi connectivity index (χ4v) is 3.16. The highest BCUT2D eigenvalue weighted by Gasteiger charge is 2.35. The van der Waals surface area contributed by atoms with Crippen LogP contribution in [0.3, 0.4) is 0 Å². The molecule has 26 heavy (non-hydrogen) atoms. The maximum absolute atomic E-state index is 12.7. The largest absolute Gasteiger partial charge is 0.497 e. The number of methoxy groups -OCH3 is 2. The summed E-state index contributed by atoms with van der Waals surface area (Å²) >= 11 is 3.38. The third kappa shape index (κ3) is 3.83. The number of hydrogen-bond acceptors (Lipinski definition) is 4. The van der Waals surface area contributed by atoms with Crippen molar-refractivity contribution in [1.29, 1.82) is 0 Å². The lowest BCUT2D eigenvalue weighted by molar-refractivity contribution is -0.122. The number of anilines is 2. The Kier molecular flexibility index (Phi) is 5.46. The van der Waals surface area contributed by atoms with Gasteiger partial charge in [0.2, 0.25) is 11.8 Å². The van der Waals surface area contributed by atoms with Gasteiger partial charge in [0.15, 0.2) is 0 Å². The van der Waals surface area contributed by atoms with E-state index in [-0.39, 0.29) is 18.2 Å². The maximum atomic E-state index is 12.7. The van der Waals surface area contributed by atoms with Crippen LogP contribution in [0.2, 0.25) is 0 Å². The first-order valence-corrected chi connectivity index (χ1v) is 8.90. The Hall–Kier alpha value is -2.54. The molecule has 136 valence electrons. The van der Waals surface area contributed by atoms with Gasteiger partial charge in [0.05, 0.1) is 25.8 Å². The highest BCUT2D eigenvalue weighted by molar-refractivity contribution is 9.10. The summed E-state index contributed by atoms with van der Waals surface area (Å²) < 4.78 is 11.4. The number of carbonyl (C=O) groups is 2. The zero-order chi connectivity index (χ0) is 18.7. The van der Waals surface area contributed by atoms with Crippen LogP contribution in [0.1, 0.15) is 6.42 Å². The molecule has 1 heterocycles. The number of amides is 2. The minimum atomic E-state index is -0.429. The van der Waals surface area contributed by atoms with Crippen molar-refractivity contribution >= 4 is 39.1 Å². The van der Waals surface area contributed by atoms with Crippen LogP contribution in [0.5, 0.6) is 11.5 Å². The van der Waals surface area contributed by atoms with Crippen molar-refractivity contribution in [3.63, 3.8) is 0 Å². The number of ether oxygens (including phenoxy) is 2. The summed E-state index contributed by atoms with van der Waals surface area (Å²) in [5.74, 6) is 0.435. The first-order valence-electron chi connectivity index (χ1n) is 8.10. The van der Waals surface area contributed by atoms with E-state index in [0.717, 1.165) is 10.2 Å². The second-order valence-electron chi connectivity index (χ2n) is 5.94. The number of halogens is 1.